The second kappa shape index (κ2) is 7.86. The second-order valence-electron chi connectivity index (χ2n) is 5.80. The lowest BCUT2D eigenvalue weighted by molar-refractivity contribution is 0.0945. The van der Waals surface area contributed by atoms with E-state index in [1.54, 1.807) is 0 Å². The zero-order valence-electron chi connectivity index (χ0n) is 14.3. The van der Waals surface area contributed by atoms with Crippen molar-refractivity contribution in [3.63, 3.8) is 0 Å². The molecule has 3 aromatic rings. The SMILES string of the molecule is Cc1ccc(CNC(=O)c2cnc(Nc3ccc(F)c(F)c3F)cn2)cc1. The topological polar surface area (TPSA) is 66.9 Å². The minimum atomic E-state index is -1.58. The van der Waals surface area contributed by atoms with Gasteiger partial charge in [0.2, 0.25) is 0 Å². The van der Waals surface area contributed by atoms with Crippen LogP contribution in [0.3, 0.4) is 0 Å². The Kier molecular flexibility index (Phi) is 5.35. The standard InChI is InChI=1S/C19H15F3N4O/c1-11-2-4-12(5-3-11)8-25-19(27)15-9-24-16(10-23-15)26-14-7-6-13(20)17(21)18(14)22/h2-7,9-10H,8H2,1H3,(H,24,26)(H,25,27). The van der Waals surface area contributed by atoms with Gasteiger partial charge in [0, 0.05) is 6.54 Å². The number of anilines is 2. The van der Waals surface area contributed by atoms with Crippen LogP contribution in [0, 0.1) is 24.4 Å². The molecule has 8 heteroatoms. The van der Waals surface area contributed by atoms with Crippen LogP contribution in [0.4, 0.5) is 24.7 Å². The zero-order valence-corrected chi connectivity index (χ0v) is 14.3. The molecular formula is C19H15F3N4O. The first-order valence-corrected chi connectivity index (χ1v) is 8.00. The number of nitrogens with zero attached hydrogens (tertiary/aromatic N) is 2. The van der Waals surface area contributed by atoms with E-state index in [1.165, 1.54) is 12.4 Å². The van der Waals surface area contributed by atoms with Gasteiger partial charge in [-0.3, -0.25) is 4.79 Å². The number of aryl methyl sites for hydroxylation is 1. The molecule has 0 aliphatic rings. The zero-order chi connectivity index (χ0) is 19.4. The Bertz CT molecular complexity index is 960. The van der Waals surface area contributed by atoms with Crippen LogP contribution in [0.2, 0.25) is 0 Å². The van der Waals surface area contributed by atoms with Gasteiger partial charge in [-0.15, -0.1) is 0 Å². The summed E-state index contributed by atoms with van der Waals surface area (Å²) < 4.78 is 39.8. The summed E-state index contributed by atoms with van der Waals surface area (Å²) in [6.45, 7) is 2.31. The average molecular weight is 372 g/mol. The molecule has 0 fully saturated rings. The molecule has 0 spiro atoms. The number of hydrogen-bond donors (Lipinski definition) is 2. The van der Waals surface area contributed by atoms with Gasteiger partial charge in [-0.2, -0.15) is 0 Å². The molecule has 0 saturated carbocycles. The summed E-state index contributed by atoms with van der Waals surface area (Å²) in [5, 5.41) is 5.20. The maximum Gasteiger partial charge on any atom is 0.271 e. The third kappa shape index (κ3) is 4.41. The Labute approximate surface area is 153 Å². The number of nitrogens with one attached hydrogen (secondary N) is 2. The largest absolute Gasteiger partial charge is 0.347 e. The summed E-state index contributed by atoms with van der Waals surface area (Å²) in [6.07, 6.45) is 2.39. The van der Waals surface area contributed by atoms with Crippen molar-refractivity contribution in [2.24, 2.45) is 0 Å². The molecule has 1 amide bonds. The lowest BCUT2D eigenvalue weighted by atomic mass is 10.1. The second-order valence-corrected chi connectivity index (χ2v) is 5.80. The van der Waals surface area contributed by atoms with E-state index in [0.29, 0.717) is 6.54 Å². The summed E-state index contributed by atoms with van der Waals surface area (Å²) in [5.74, 6) is -4.58. The number of hydrogen-bond acceptors (Lipinski definition) is 4. The van der Waals surface area contributed by atoms with Gasteiger partial charge in [-0.1, -0.05) is 29.8 Å². The van der Waals surface area contributed by atoms with Gasteiger partial charge >= 0.3 is 0 Å². The van der Waals surface area contributed by atoms with Gasteiger partial charge in [0.05, 0.1) is 18.1 Å². The minimum absolute atomic E-state index is 0.0680. The summed E-state index contributed by atoms with van der Waals surface area (Å²) in [5.41, 5.74) is 1.84. The Balaban J connectivity index is 1.63. The van der Waals surface area contributed by atoms with E-state index in [-0.39, 0.29) is 17.2 Å². The van der Waals surface area contributed by atoms with Crippen molar-refractivity contribution < 1.29 is 18.0 Å². The van der Waals surface area contributed by atoms with E-state index < -0.39 is 23.4 Å². The number of carbonyl (C=O) groups excluding carboxylic acids is 1. The lowest BCUT2D eigenvalue weighted by Gasteiger charge is -2.08. The number of aromatic nitrogens is 2. The number of halogens is 3. The molecule has 5 nitrogen and oxygen atoms in total. The molecule has 0 radical (unpaired) electrons. The number of rotatable bonds is 5. The first-order chi connectivity index (χ1) is 12.9. The fourth-order valence-electron chi connectivity index (χ4n) is 2.25. The highest BCUT2D eigenvalue weighted by Crippen LogP contribution is 2.22. The van der Waals surface area contributed by atoms with Gasteiger partial charge in [0.1, 0.15) is 11.5 Å². The average Bonchev–Trinajstić information content (AvgIpc) is 2.68. The quantitative estimate of drug-likeness (QED) is 0.667. The van der Waals surface area contributed by atoms with Gasteiger partial charge in [0.25, 0.3) is 5.91 Å². The van der Waals surface area contributed by atoms with Crippen LogP contribution in [0.5, 0.6) is 0 Å². The van der Waals surface area contributed by atoms with E-state index in [1.807, 2.05) is 31.2 Å². The Morgan fingerprint density at radius 2 is 1.70 bits per heavy atom. The monoisotopic (exact) mass is 372 g/mol. The van der Waals surface area contributed by atoms with Crippen LogP contribution in [-0.4, -0.2) is 15.9 Å². The normalized spacial score (nSPS) is 10.5. The number of benzene rings is 2. The van der Waals surface area contributed by atoms with Crippen molar-refractivity contribution in [3.8, 4) is 0 Å². The highest BCUT2D eigenvalue weighted by Gasteiger charge is 2.14. The molecule has 0 aliphatic heterocycles. The molecule has 0 saturated heterocycles. The maximum absolute atomic E-state index is 13.7. The number of carbonyl (C=O) groups is 1. The number of amides is 1. The van der Waals surface area contributed by atoms with Gasteiger partial charge in [-0.25, -0.2) is 23.1 Å². The predicted octanol–water partition coefficient (Wildman–Crippen LogP) is 3.88. The van der Waals surface area contributed by atoms with E-state index in [0.717, 1.165) is 23.3 Å². The lowest BCUT2D eigenvalue weighted by Crippen LogP contribution is -2.24. The third-order valence-electron chi connectivity index (χ3n) is 3.76. The van der Waals surface area contributed by atoms with Crippen molar-refractivity contribution >= 4 is 17.4 Å². The van der Waals surface area contributed by atoms with E-state index in [9.17, 15) is 18.0 Å². The van der Waals surface area contributed by atoms with E-state index >= 15 is 0 Å². The van der Waals surface area contributed by atoms with Crippen molar-refractivity contribution in [3.05, 3.63) is 83.1 Å². The Morgan fingerprint density at radius 3 is 2.37 bits per heavy atom. The van der Waals surface area contributed by atoms with Gasteiger partial charge < -0.3 is 10.6 Å². The molecule has 0 aliphatic carbocycles. The predicted molar refractivity (Wildman–Crippen MR) is 94.0 cm³/mol. The molecule has 0 bridgehead atoms. The fraction of sp³-hybridized carbons (Fsp3) is 0.105. The molecule has 2 aromatic carbocycles. The van der Waals surface area contributed by atoms with E-state index in [2.05, 4.69) is 20.6 Å². The summed E-state index contributed by atoms with van der Waals surface area (Å²) in [7, 11) is 0. The molecule has 0 atom stereocenters. The molecular weight excluding hydrogens is 357 g/mol. The summed E-state index contributed by atoms with van der Waals surface area (Å²) >= 11 is 0. The van der Waals surface area contributed by atoms with Crippen LogP contribution >= 0.6 is 0 Å². The van der Waals surface area contributed by atoms with Crippen LogP contribution in [0.25, 0.3) is 0 Å². The van der Waals surface area contributed by atoms with Gasteiger partial charge in [-0.05, 0) is 24.6 Å². The Hall–Kier alpha value is -3.42. The van der Waals surface area contributed by atoms with Gasteiger partial charge in [0.15, 0.2) is 17.5 Å². The van der Waals surface area contributed by atoms with E-state index in [4.69, 9.17) is 0 Å². The highest BCUT2D eigenvalue weighted by atomic mass is 19.2. The molecule has 138 valence electrons. The van der Waals surface area contributed by atoms with Crippen LogP contribution in [0.1, 0.15) is 21.6 Å². The van der Waals surface area contributed by atoms with Crippen LogP contribution < -0.4 is 10.6 Å². The molecule has 1 heterocycles. The summed E-state index contributed by atoms with van der Waals surface area (Å²) in [4.78, 5) is 20.0. The molecule has 1 aromatic heterocycles. The molecule has 2 N–H and O–H groups in total. The molecule has 27 heavy (non-hydrogen) atoms. The van der Waals surface area contributed by atoms with Crippen molar-refractivity contribution in [2.45, 2.75) is 13.5 Å². The smallest absolute Gasteiger partial charge is 0.271 e. The first kappa shape index (κ1) is 18.4. The van der Waals surface area contributed by atoms with Crippen molar-refractivity contribution in [2.75, 3.05) is 5.32 Å². The summed E-state index contributed by atoms with van der Waals surface area (Å²) in [6, 6.07) is 9.53. The van der Waals surface area contributed by atoms with Crippen molar-refractivity contribution in [1.29, 1.82) is 0 Å². The minimum Gasteiger partial charge on any atom is -0.347 e. The maximum atomic E-state index is 13.7. The highest BCUT2D eigenvalue weighted by molar-refractivity contribution is 5.92. The Morgan fingerprint density at radius 1 is 0.963 bits per heavy atom. The molecule has 0 unspecified atom stereocenters. The molecule has 3 rings (SSSR count). The fourth-order valence-corrected chi connectivity index (χ4v) is 2.25. The van der Waals surface area contributed by atoms with Crippen molar-refractivity contribution in [1.82, 2.24) is 15.3 Å². The van der Waals surface area contributed by atoms with Crippen LogP contribution in [-0.2, 0) is 6.54 Å². The third-order valence-corrected chi connectivity index (χ3v) is 3.76. The first-order valence-electron chi connectivity index (χ1n) is 8.00. The van der Waals surface area contributed by atoms with Crippen LogP contribution in [0.15, 0.2) is 48.8 Å².